The highest BCUT2D eigenvalue weighted by Crippen LogP contribution is 2.29. The summed E-state index contributed by atoms with van der Waals surface area (Å²) in [6, 6.07) is 21.9. The van der Waals surface area contributed by atoms with E-state index >= 15 is 0 Å². The van der Waals surface area contributed by atoms with Crippen LogP contribution < -0.4 is 9.92 Å². The van der Waals surface area contributed by atoms with Crippen LogP contribution in [0.3, 0.4) is 0 Å². The molecule has 0 heterocycles. The predicted octanol–water partition coefficient (Wildman–Crippen LogP) is 4.76. The van der Waals surface area contributed by atoms with E-state index in [0.717, 1.165) is 11.1 Å². The molecule has 34 heavy (non-hydrogen) atoms. The summed E-state index contributed by atoms with van der Waals surface area (Å²) in [6.07, 6.45) is 0.442. The maximum absolute atomic E-state index is 13.2. The summed E-state index contributed by atoms with van der Waals surface area (Å²) < 4.78 is 36.5. The molecule has 180 valence electrons. The average molecular weight is 482 g/mol. The van der Waals surface area contributed by atoms with Crippen LogP contribution in [0.15, 0.2) is 83.8 Å². The largest absolute Gasteiger partial charge is 0.459 e. The molecule has 6 nitrogen and oxygen atoms in total. The van der Waals surface area contributed by atoms with Gasteiger partial charge in [0.1, 0.15) is 16.2 Å². The van der Waals surface area contributed by atoms with Crippen molar-refractivity contribution in [1.82, 2.24) is 0 Å². The van der Waals surface area contributed by atoms with Gasteiger partial charge in [-0.1, -0.05) is 60.2 Å². The fourth-order valence-electron chi connectivity index (χ4n) is 3.57. The lowest BCUT2D eigenvalue weighted by molar-refractivity contribution is -0.157. The van der Waals surface area contributed by atoms with Crippen LogP contribution in [0.25, 0.3) is 0 Å². The number of benzene rings is 3. The van der Waals surface area contributed by atoms with E-state index in [2.05, 4.69) is 0 Å². The van der Waals surface area contributed by atoms with Crippen molar-refractivity contribution in [3.05, 3.63) is 95.6 Å². The molecule has 0 saturated heterocycles. The molecular formula is C27H31NO5S. The third kappa shape index (κ3) is 6.92. The molecule has 0 aliphatic carbocycles. The average Bonchev–Trinajstić information content (AvgIpc) is 2.73. The van der Waals surface area contributed by atoms with Crippen molar-refractivity contribution in [3.8, 4) is 5.75 Å². The molecule has 3 aromatic rings. The Hall–Kier alpha value is -3.16. The Kier molecular flexibility index (Phi) is 7.79. The Labute approximate surface area is 201 Å². The molecule has 2 atom stereocenters. The van der Waals surface area contributed by atoms with Gasteiger partial charge in [0.15, 0.2) is 0 Å². The van der Waals surface area contributed by atoms with E-state index in [0.29, 0.717) is 12.0 Å². The third-order valence-electron chi connectivity index (χ3n) is 5.14. The van der Waals surface area contributed by atoms with E-state index in [9.17, 15) is 13.2 Å². The molecule has 7 heteroatoms. The van der Waals surface area contributed by atoms with Gasteiger partial charge in [0.05, 0.1) is 5.92 Å². The van der Waals surface area contributed by atoms with Crippen LogP contribution in [0.2, 0.25) is 0 Å². The molecule has 0 radical (unpaired) electrons. The van der Waals surface area contributed by atoms with Crippen molar-refractivity contribution in [1.29, 1.82) is 0 Å². The van der Waals surface area contributed by atoms with E-state index in [1.54, 1.807) is 45.0 Å². The van der Waals surface area contributed by atoms with Crippen molar-refractivity contribution in [2.75, 3.05) is 0 Å². The van der Waals surface area contributed by atoms with Crippen LogP contribution in [-0.4, -0.2) is 26.0 Å². The minimum absolute atomic E-state index is 0.0491. The highest BCUT2D eigenvalue weighted by atomic mass is 32.2. The summed E-state index contributed by atoms with van der Waals surface area (Å²) >= 11 is 0. The Morgan fingerprint density at radius 3 is 2.21 bits per heavy atom. The molecule has 2 N–H and O–H groups in total. The quantitative estimate of drug-likeness (QED) is 0.368. The highest BCUT2D eigenvalue weighted by molar-refractivity contribution is 7.87. The molecular weight excluding hydrogens is 450 g/mol. The molecule has 0 aliphatic rings. The number of rotatable bonds is 8. The first-order valence-corrected chi connectivity index (χ1v) is 12.5. The highest BCUT2D eigenvalue weighted by Gasteiger charge is 2.32. The number of carbonyl (C=O) groups is 1. The van der Waals surface area contributed by atoms with Gasteiger partial charge in [-0.15, -0.1) is 0 Å². The van der Waals surface area contributed by atoms with E-state index in [-0.39, 0.29) is 10.6 Å². The van der Waals surface area contributed by atoms with Crippen molar-refractivity contribution >= 4 is 16.1 Å². The van der Waals surface area contributed by atoms with Crippen LogP contribution in [-0.2, 0) is 26.1 Å². The molecule has 0 aliphatic heterocycles. The molecule has 0 amide bonds. The number of esters is 1. The standard InChI is InChI=1S/C27H31NO5S/c1-19-13-15-23(16-14-19)34(30,31)33-22-12-8-11-21(18-22)25(26(29)32-27(2,3)4)24(28)17-20-9-6-5-7-10-20/h5-16,18,24-25H,17,28H2,1-4H3. The first-order valence-electron chi connectivity index (χ1n) is 11.1. The molecule has 3 rings (SSSR count). The summed E-state index contributed by atoms with van der Waals surface area (Å²) in [5.74, 6) is -1.20. The van der Waals surface area contributed by atoms with Crippen LogP contribution in [0.1, 0.15) is 43.4 Å². The summed E-state index contributed by atoms with van der Waals surface area (Å²) in [7, 11) is -4.04. The van der Waals surface area contributed by atoms with Crippen LogP contribution in [0.5, 0.6) is 5.75 Å². The first kappa shape index (κ1) is 25.5. The second-order valence-corrected chi connectivity index (χ2v) is 10.8. The number of nitrogens with two attached hydrogens (primary N) is 1. The second kappa shape index (κ2) is 10.4. The van der Waals surface area contributed by atoms with Crippen LogP contribution >= 0.6 is 0 Å². The van der Waals surface area contributed by atoms with Gasteiger partial charge in [0, 0.05) is 6.04 Å². The minimum atomic E-state index is -4.04. The first-order chi connectivity index (χ1) is 15.9. The Balaban J connectivity index is 1.92. The maximum Gasteiger partial charge on any atom is 0.339 e. The van der Waals surface area contributed by atoms with E-state index in [1.807, 2.05) is 37.3 Å². The zero-order valence-corrected chi connectivity index (χ0v) is 20.7. The van der Waals surface area contributed by atoms with Gasteiger partial charge in [-0.3, -0.25) is 4.79 Å². The van der Waals surface area contributed by atoms with E-state index in [1.165, 1.54) is 24.3 Å². The van der Waals surface area contributed by atoms with Crippen molar-refractivity contribution in [3.63, 3.8) is 0 Å². The van der Waals surface area contributed by atoms with Gasteiger partial charge in [0.25, 0.3) is 0 Å². The smallest absolute Gasteiger partial charge is 0.339 e. The minimum Gasteiger partial charge on any atom is -0.459 e. The van der Waals surface area contributed by atoms with Crippen LogP contribution in [0.4, 0.5) is 0 Å². The van der Waals surface area contributed by atoms with E-state index in [4.69, 9.17) is 14.7 Å². The van der Waals surface area contributed by atoms with Crippen molar-refractivity contribution in [2.24, 2.45) is 5.73 Å². The number of hydrogen-bond donors (Lipinski definition) is 1. The molecule has 2 unspecified atom stereocenters. The lowest BCUT2D eigenvalue weighted by Crippen LogP contribution is -2.39. The monoisotopic (exact) mass is 481 g/mol. The topological polar surface area (TPSA) is 95.7 Å². The Morgan fingerprint density at radius 1 is 0.941 bits per heavy atom. The Morgan fingerprint density at radius 2 is 1.59 bits per heavy atom. The van der Waals surface area contributed by atoms with Crippen molar-refractivity contribution in [2.45, 2.75) is 56.6 Å². The summed E-state index contributed by atoms with van der Waals surface area (Å²) in [4.78, 5) is 13.2. The van der Waals surface area contributed by atoms with Gasteiger partial charge >= 0.3 is 16.1 Å². The predicted molar refractivity (Wildman–Crippen MR) is 132 cm³/mol. The molecule has 0 bridgehead atoms. The van der Waals surface area contributed by atoms with Gasteiger partial charge in [-0.2, -0.15) is 8.42 Å². The lowest BCUT2D eigenvalue weighted by Gasteiger charge is -2.28. The van der Waals surface area contributed by atoms with Gasteiger partial charge in [0.2, 0.25) is 0 Å². The SMILES string of the molecule is Cc1ccc(S(=O)(=O)Oc2cccc(C(C(=O)OC(C)(C)C)C(N)Cc3ccccc3)c2)cc1. The third-order valence-corrected chi connectivity index (χ3v) is 6.40. The summed E-state index contributed by atoms with van der Waals surface area (Å²) in [6.45, 7) is 7.24. The fourth-order valence-corrected chi connectivity index (χ4v) is 4.49. The molecule has 0 spiro atoms. The number of carbonyl (C=O) groups excluding carboxylic acids is 1. The van der Waals surface area contributed by atoms with E-state index < -0.39 is 33.6 Å². The number of ether oxygens (including phenoxy) is 1. The maximum atomic E-state index is 13.2. The normalized spacial score (nSPS) is 13.7. The Bertz CT molecular complexity index is 1220. The van der Waals surface area contributed by atoms with Crippen molar-refractivity contribution < 1.29 is 22.1 Å². The summed E-state index contributed by atoms with van der Waals surface area (Å²) in [5, 5.41) is 0. The molecule has 3 aromatic carbocycles. The zero-order chi connectivity index (χ0) is 24.9. The number of hydrogen-bond acceptors (Lipinski definition) is 6. The van der Waals surface area contributed by atoms with Crippen LogP contribution in [0, 0.1) is 6.92 Å². The molecule has 0 saturated carbocycles. The molecule has 0 aromatic heterocycles. The fraction of sp³-hybridized carbons (Fsp3) is 0.296. The second-order valence-electron chi connectivity index (χ2n) is 9.29. The van der Waals surface area contributed by atoms with Gasteiger partial charge in [-0.25, -0.2) is 0 Å². The van der Waals surface area contributed by atoms with Gasteiger partial charge in [-0.05, 0) is 69.5 Å². The lowest BCUT2D eigenvalue weighted by atomic mass is 9.88. The molecule has 0 fully saturated rings. The summed E-state index contributed by atoms with van der Waals surface area (Å²) in [5.41, 5.74) is 8.27. The van der Waals surface area contributed by atoms with Gasteiger partial charge < -0.3 is 14.7 Å². The zero-order valence-electron chi connectivity index (χ0n) is 19.9. The number of aryl methyl sites for hydroxylation is 1.